The van der Waals surface area contributed by atoms with Crippen LogP contribution in [-0.4, -0.2) is 31.8 Å². The second-order valence-corrected chi connectivity index (χ2v) is 5.23. The van der Waals surface area contributed by atoms with Crippen LogP contribution in [0.1, 0.15) is 29.8 Å². The molecule has 1 amide bonds. The van der Waals surface area contributed by atoms with Gasteiger partial charge in [0.05, 0.1) is 11.0 Å². The lowest BCUT2D eigenvalue weighted by Gasteiger charge is -2.06. The molecule has 0 bridgehead atoms. The SMILES string of the molecule is CCn1c(CCNC(=O)c2ccn(C(F)F)n2)nc2ccccc21. The number of fused-ring (bicyclic) bond motifs is 1. The zero-order chi connectivity index (χ0) is 17.1. The first-order valence-corrected chi connectivity index (χ1v) is 7.65. The van der Waals surface area contributed by atoms with Gasteiger partial charge in [-0.15, -0.1) is 0 Å². The number of halogens is 2. The normalized spacial score (nSPS) is 11.3. The number of para-hydroxylation sites is 2. The zero-order valence-electron chi connectivity index (χ0n) is 13.1. The van der Waals surface area contributed by atoms with Crippen LogP contribution in [0.25, 0.3) is 11.0 Å². The van der Waals surface area contributed by atoms with Gasteiger partial charge in [-0.1, -0.05) is 12.1 Å². The minimum atomic E-state index is -2.75. The van der Waals surface area contributed by atoms with Gasteiger partial charge in [0.2, 0.25) is 0 Å². The Morgan fingerprint density at radius 2 is 2.08 bits per heavy atom. The molecule has 126 valence electrons. The number of aryl methyl sites for hydroxylation is 1. The molecule has 0 aliphatic heterocycles. The molecule has 0 saturated carbocycles. The number of carbonyl (C=O) groups is 1. The smallest absolute Gasteiger partial charge is 0.333 e. The van der Waals surface area contributed by atoms with Crippen LogP contribution >= 0.6 is 0 Å². The summed E-state index contributed by atoms with van der Waals surface area (Å²) in [6, 6.07) is 9.11. The van der Waals surface area contributed by atoms with Gasteiger partial charge in [0, 0.05) is 25.7 Å². The van der Waals surface area contributed by atoms with Gasteiger partial charge < -0.3 is 9.88 Å². The highest BCUT2D eigenvalue weighted by Gasteiger charge is 2.14. The maximum atomic E-state index is 12.5. The molecule has 2 heterocycles. The van der Waals surface area contributed by atoms with E-state index < -0.39 is 12.5 Å². The fourth-order valence-electron chi connectivity index (χ4n) is 2.62. The molecule has 6 nitrogen and oxygen atoms in total. The minimum absolute atomic E-state index is 0.0284. The van der Waals surface area contributed by atoms with Crippen LogP contribution in [0.3, 0.4) is 0 Å². The van der Waals surface area contributed by atoms with Crippen molar-refractivity contribution in [3.05, 3.63) is 48.0 Å². The lowest BCUT2D eigenvalue weighted by molar-refractivity contribution is 0.0560. The van der Waals surface area contributed by atoms with Crippen molar-refractivity contribution < 1.29 is 13.6 Å². The van der Waals surface area contributed by atoms with Gasteiger partial charge in [0.25, 0.3) is 5.91 Å². The number of aromatic nitrogens is 4. The van der Waals surface area contributed by atoms with Crippen LogP contribution in [0.15, 0.2) is 36.5 Å². The number of nitrogens with one attached hydrogen (secondary N) is 1. The summed E-state index contributed by atoms with van der Waals surface area (Å²) in [5.41, 5.74) is 1.94. The molecule has 3 aromatic rings. The average Bonchev–Trinajstić information content (AvgIpc) is 3.19. The Balaban J connectivity index is 1.64. The predicted molar refractivity (Wildman–Crippen MR) is 84.9 cm³/mol. The third kappa shape index (κ3) is 3.12. The Kier molecular flexibility index (Phi) is 4.54. The molecule has 2 aromatic heterocycles. The molecule has 0 saturated heterocycles. The van der Waals surface area contributed by atoms with E-state index in [9.17, 15) is 13.6 Å². The van der Waals surface area contributed by atoms with Crippen LogP contribution in [0.4, 0.5) is 8.78 Å². The van der Waals surface area contributed by atoms with Crippen molar-refractivity contribution in [3.8, 4) is 0 Å². The van der Waals surface area contributed by atoms with Gasteiger partial charge in [-0.2, -0.15) is 13.9 Å². The molecule has 3 rings (SSSR count). The Morgan fingerprint density at radius 3 is 2.79 bits per heavy atom. The second-order valence-electron chi connectivity index (χ2n) is 5.23. The van der Waals surface area contributed by atoms with Gasteiger partial charge in [-0.25, -0.2) is 9.67 Å². The van der Waals surface area contributed by atoms with E-state index in [0.29, 0.717) is 17.6 Å². The topological polar surface area (TPSA) is 64.7 Å². The van der Waals surface area contributed by atoms with Gasteiger partial charge in [-0.05, 0) is 25.1 Å². The molecule has 8 heteroatoms. The average molecular weight is 333 g/mol. The number of hydrogen-bond donors (Lipinski definition) is 1. The third-order valence-corrected chi connectivity index (χ3v) is 3.72. The van der Waals surface area contributed by atoms with E-state index in [1.165, 1.54) is 6.07 Å². The van der Waals surface area contributed by atoms with Crippen molar-refractivity contribution in [2.24, 2.45) is 0 Å². The van der Waals surface area contributed by atoms with Gasteiger partial charge in [0.15, 0.2) is 0 Å². The number of hydrogen-bond acceptors (Lipinski definition) is 3. The fraction of sp³-hybridized carbons (Fsp3) is 0.312. The number of benzene rings is 1. The molecular weight excluding hydrogens is 316 g/mol. The summed E-state index contributed by atoms with van der Waals surface area (Å²) < 4.78 is 27.5. The van der Waals surface area contributed by atoms with Crippen LogP contribution in [-0.2, 0) is 13.0 Å². The first-order valence-electron chi connectivity index (χ1n) is 7.65. The van der Waals surface area contributed by atoms with E-state index in [2.05, 4.69) is 20.0 Å². The lowest BCUT2D eigenvalue weighted by Crippen LogP contribution is -2.27. The van der Waals surface area contributed by atoms with Crippen LogP contribution in [0, 0.1) is 0 Å². The van der Waals surface area contributed by atoms with Gasteiger partial charge in [0.1, 0.15) is 11.5 Å². The first kappa shape index (κ1) is 16.1. The zero-order valence-corrected chi connectivity index (χ0v) is 13.1. The number of imidazole rings is 1. The molecule has 0 fully saturated rings. The van der Waals surface area contributed by atoms with Crippen molar-refractivity contribution in [2.45, 2.75) is 26.4 Å². The third-order valence-electron chi connectivity index (χ3n) is 3.72. The molecule has 0 atom stereocenters. The van der Waals surface area contributed by atoms with Crippen molar-refractivity contribution in [1.29, 1.82) is 0 Å². The quantitative estimate of drug-likeness (QED) is 0.754. The first-order chi connectivity index (χ1) is 11.6. The van der Waals surface area contributed by atoms with Gasteiger partial charge >= 0.3 is 6.55 Å². The molecule has 0 radical (unpaired) electrons. The molecule has 24 heavy (non-hydrogen) atoms. The number of rotatable bonds is 6. The van der Waals surface area contributed by atoms with E-state index in [4.69, 9.17) is 0 Å². The Labute approximate surface area is 137 Å². The largest absolute Gasteiger partial charge is 0.350 e. The van der Waals surface area contributed by atoms with Crippen LogP contribution < -0.4 is 5.32 Å². The maximum Gasteiger partial charge on any atom is 0.333 e. The molecule has 0 unspecified atom stereocenters. The molecule has 0 spiro atoms. The monoisotopic (exact) mass is 333 g/mol. The minimum Gasteiger partial charge on any atom is -0.350 e. The van der Waals surface area contributed by atoms with Crippen molar-refractivity contribution in [2.75, 3.05) is 6.54 Å². The Morgan fingerprint density at radius 1 is 1.29 bits per heavy atom. The summed E-state index contributed by atoms with van der Waals surface area (Å²) in [6.45, 7) is 0.412. The maximum absolute atomic E-state index is 12.5. The van der Waals surface area contributed by atoms with E-state index >= 15 is 0 Å². The summed E-state index contributed by atoms with van der Waals surface area (Å²) in [4.78, 5) is 16.5. The van der Waals surface area contributed by atoms with Crippen LogP contribution in [0.5, 0.6) is 0 Å². The fourth-order valence-corrected chi connectivity index (χ4v) is 2.62. The molecular formula is C16H17F2N5O. The van der Waals surface area contributed by atoms with E-state index in [-0.39, 0.29) is 5.69 Å². The summed E-state index contributed by atoms with van der Waals surface area (Å²) in [5, 5.41) is 6.22. The highest BCUT2D eigenvalue weighted by molar-refractivity contribution is 5.92. The van der Waals surface area contributed by atoms with Crippen molar-refractivity contribution in [3.63, 3.8) is 0 Å². The summed E-state index contributed by atoms with van der Waals surface area (Å²) in [7, 11) is 0. The molecule has 1 N–H and O–H groups in total. The van der Waals surface area contributed by atoms with Crippen molar-refractivity contribution >= 4 is 16.9 Å². The van der Waals surface area contributed by atoms with E-state index in [1.807, 2.05) is 31.2 Å². The van der Waals surface area contributed by atoms with E-state index in [1.54, 1.807) is 0 Å². The summed E-state index contributed by atoms with van der Waals surface area (Å²) in [5.74, 6) is 0.394. The molecule has 0 aliphatic rings. The number of nitrogens with zero attached hydrogens (tertiary/aromatic N) is 4. The molecule has 0 aliphatic carbocycles. The summed E-state index contributed by atoms with van der Waals surface area (Å²) in [6.07, 6.45) is 1.62. The number of carbonyl (C=O) groups excluding carboxylic acids is 1. The van der Waals surface area contributed by atoms with Gasteiger partial charge in [-0.3, -0.25) is 4.79 Å². The predicted octanol–water partition coefficient (Wildman–Crippen LogP) is 2.62. The standard InChI is InChI=1S/C16H17F2N5O/c1-2-22-13-6-4-3-5-11(13)20-14(22)7-9-19-15(24)12-8-10-23(21-12)16(17)18/h3-6,8,10,16H,2,7,9H2,1H3,(H,19,24). The lowest BCUT2D eigenvalue weighted by atomic mass is 10.3. The van der Waals surface area contributed by atoms with E-state index in [0.717, 1.165) is 29.6 Å². The Bertz CT molecular complexity index is 855. The van der Waals surface area contributed by atoms with Crippen molar-refractivity contribution in [1.82, 2.24) is 24.6 Å². The molecule has 1 aromatic carbocycles. The number of amides is 1. The second kappa shape index (κ2) is 6.77. The summed E-state index contributed by atoms with van der Waals surface area (Å²) >= 11 is 0. The Hall–Kier alpha value is -2.77. The highest BCUT2D eigenvalue weighted by Crippen LogP contribution is 2.16. The number of alkyl halides is 2. The van der Waals surface area contributed by atoms with Crippen LogP contribution in [0.2, 0.25) is 0 Å². The highest BCUT2D eigenvalue weighted by atomic mass is 19.3.